The third-order valence-corrected chi connectivity index (χ3v) is 4.66. The van der Waals surface area contributed by atoms with E-state index in [-0.39, 0.29) is 28.1 Å². The molecule has 0 aliphatic heterocycles. The summed E-state index contributed by atoms with van der Waals surface area (Å²) in [7, 11) is 1.32. The molecule has 1 aromatic heterocycles. The zero-order valence-electron chi connectivity index (χ0n) is 15.6. The van der Waals surface area contributed by atoms with Crippen LogP contribution in [-0.2, 0) is 0 Å². The summed E-state index contributed by atoms with van der Waals surface area (Å²) in [5, 5.41) is 13.7. The molecule has 150 valence electrons. The summed E-state index contributed by atoms with van der Waals surface area (Å²) in [5.41, 5.74) is -0.0369. The molecule has 4 aromatic rings. The highest BCUT2D eigenvalue weighted by atomic mass is 19.1. The largest absolute Gasteiger partial charge is 0.496 e. The maximum absolute atomic E-state index is 14.7. The van der Waals surface area contributed by atoms with Gasteiger partial charge in [0.15, 0.2) is 0 Å². The first-order valence-corrected chi connectivity index (χ1v) is 8.80. The summed E-state index contributed by atoms with van der Waals surface area (Å²) in [4.78, 5) is 24.2. The first kappa shape index (κ1) is 19.3. The Labute approximate surface area is 168 Å². The number of ether oxygens (including phenoxy) is 1. The molecule has 0 aliphatic carbocycles. The Morgan fingerprint density at radius 3 is 2.47 bits per heavy atom. The molecule has 6 nitrogen and oxygen atoms in total. The minimum absolute atomic E-state index is 0.0169. The number of benzene rings is 3. The second-order valence-corrected chi connectivity index (χ2v) is 6.40. The lowest BCUT2D eigenvalue weighted by atomic mass is 10.0. The van der Waals surface area contributed by atoms with Crippen molar-refractivity contribution in [2.45, 2.75) is 0 Å². The van der Waals surface area contributed by atoms with Crippen LogP contribution >= 0.6 is 0 Å². The van der Waals surface area contributed by atoms with Crippen LogP contribution in [0.2, 0.25) is 0 Å². The van der Waals surface area contributed by atoms with Gasteiger partial charge in [0.1, 0.15) is 28.6 Å². The lowest BCUT2D eigenvalue weighted by molar-refractivity contribution is 0.0696. The van der Waals surface area contributed by atoms with Crippen molar-refractivity contribution in [3.8, 4) is 17.0 Å². The highest BCUT2D eigenvalue weighted by Crippen LogP contribution is 2.32. The quantitative estimate of drug-likeness (QED) is 0.542. The lowest BCUT2D eigenvalue weighted by Gasteiger charge is -2.09. The number of nitrogens with zero attached hydrogens (tertiary/aromatic N) is 2. The van der Waals surface area contributed by atoms with Gasteiger partial charge in [-0.15, -0.1) is 0 Å². The van der Waals surface area contributed by atoms with Crippen LogP contribution < -0.4 is 4.74 Å². The Balaban J connectivity index is 1.93. The van der Waals surface area contributed by atoms with Gasteiger partial charge in [-0.2, -0.15) is 9.78 Å². The molecule has 3 aromatic carbocycles. The van der Waals surface area contributed by atoms with Crippen molar-refractivity contribution in [1.82, 2.24) is 9.78 Å². The fourth-order valence-corrected chi connectivity index (χ4v) is 3.25. The van der Waals surface area contributed by atoms with Crippen LogP contribution in [0.25, 0.3) is 22.2 Å². The van der Waals surface area contributed by atoms with Gasteiger partial charge in [0, 0.05) is 10.9 Å². The van der Waals surface area contributed by atoms with Crippen LogP contribution in [0, 0.1) is 11.6 Å². The van der Waals surface area contributed by atoms with E-state index in [1.54, 1.807) is 24.3 Å². The van der Waals surface area contributed by atoms with Crippen LogP contribution in [0.3, 0.4) is 0 Å². The van der Waals surface area contributed by atoms with E-state index in [0.29, 0.717) is 10.9 Å². The molecule has 30 heavy (non-hydrogen) atoms. The van der Waals surface area contributed by atoms with Crippen molar-refractivity contribution in [3.05, 3.63) is 83.4 Å². The highest BCUT2D eigenvalue weighted by molar-refractivity contribution is 6.06. The number of halogens is 2. The summed E-state index contributed by atoms with van der Waals surface area (Å²) >= 11 is 0. The minimum atomic E-state index is -1.27. The third kappa shape index (κ3) is 3.08. The number of para-hydroxylation sites is 1. The van der Waals surface area contributed by atoms with E-state index in [4.69, 9.17) is 9.84 Å². The number of hydrogen-bond donors (Lipinski definition) is 1. The molecule has 8 heteroatoms. The molecular formula is C22H14F2N2O4. The monoisotopic (exact) mass is 408 g/mol. The number of aromatic carboxylic acids is 1. The topological polar surface area (TPSA) is 81.4 Å². The van der Waals surface area contributed by atoms with Gasteiger partial charge in [0.05, 0.1) is 18.2 Å². The molecule has 0 saturated carbocycles. The van der Waals surface area contributed by atoms with Crippen molar-refractivity contribution in [3.63, 3.8) is 0 Å². The Morgan fingerprint density at radius 1 is 1.00 bits per heavy atom. The Kier molecular flexibility index (Phi) is 4.75. The number of carbonyl (C=O) groups excluding carboxylic acids is 1. The van der Waals surface area contributed by atoms with E-state index < -0.39 is 23.5 Å². The maximum Gasteiger partial charge on any atom is 0.335 e. The number of methoxy groups -OCH3 is 1. The fourth-order valence-electron chi connectivity index (χ4n) is 3.25. The number of aromatic nitrogens is 2. The molecule has 0 unspecified atom stereocenters. The van der Waals surface area contributed by atoms with Gasteiger partial charge in [-0.1, -0.05) is 24.3 Å². The van der Waals surface area contributed by atoms with Crippen LogP contribution in [0.4, 0.5) is 8.78 Å². The smallest absolute Gasteiger partial charge is 0.335 e. The lowest BCUT2D eigenvalue weighted by Crippen LogP contribution is -2.16. The standard InChI is InChI=1S/C22H14F2N2O4/c1-30-18-8-4-6-15(23)19(18)21(27)26-17-7-3-2-5-14(17)20(25-26)13-10-9-12(22(28)29)11-16(13)24/h2-11H,1H3,(H,28,29). The van der Waals surface area contributed by atoms with Gasteiger partial charge in [0.2, 0.25) is 0 Å². The molecule has 0 spiro atoms. The van der Waals surface area contributed by atoms with Crippen molar-refractivity contribution < 1.29 is 28.2 Å². The van der Waals surface area contributed by atoms with Crippen molar-refractivity contribution in [2.75, 3.05) is 7.11 Å². The molecule has 0 fully saturated rings. The average Bonchev–Trinajstić information content (AvgIpc) is 3.12. The van der Waals surface area contributed by atoms with Gasteiger partial charge in [0.25, 0.3) is 5.91 Å². The molecule has 4 rings (SSSR count). The second kappa shape index (κ2) is 7.40. The predicted octanol–water partition coefficient (Wildman–Crippen LogP) is 4.38. The summed E-state index contributed by atoms with van der Waals surface area (Å²) in [6.45, 7) is 0. The molecule has 0 bridgehead atoms. The SMILES string of the molecule is COc1cccc(F)c1C(=O)n1nc(-c2ccc(C(=O)O)cc2F)c2ccccc21. The van der Waals surface area contributed by atoms with Gasteiger partial charge in [-0.3, -0.25) is 4.79 Å². The number of carbonyl (C=O) groups is 2. The molecule has 1 heterocycles. The van der Waals surface area contributed by atoms with E-state index in [2.05, 4.69) is 5.10 Å². The van der Waals surface area contributed by atoms with E-state index in [9.17, 15) is 18.4 Å². The van der Waals surface area contributed by atoms with Gasteiger partial charge < -0.3 is 9.84 Å². The molecule has 1 N–H and O–H groups in total. The summed E-state index contributed by atoms with van der Waals surface area (Å²) in [6.07, 6.45) is 0. The van der Waals surface area contributed by atoms with Gasteiger partial charge in [-0.05, 0) is 36.4 Å². The van der Waals surface area contributed by atoms with Crippen molar-refractivity contribution in [1.29, 1.82) is 0 Å². The summed E-state index contributed by atoms with van der Waals surface area (Å²) in [5.74, 6) is -3.59. The number of rotatable bonds is 4. The van der Waals surface area contributed by atoms with E-state index >= 15 is 0 Å². The van der Waals surface area contributed by atoms with Gasteiger partial charge >= 0.3 is 5.97 Å². The highest BCUT2D eigenvalue weighted by Gasteiger charge is 2.24. The Hall–Kier alpha value is -4.07. The summed E-state index contributed by atoms with van der Waals surface area (Å²) in [6, 6.07) is 14.0. The molecule has 0 radical (unpaired) electrons. The molecule has 0 saturated heterocycles. The molecular weight excluding hydrogens is 394 g/mol. The van der Waals surface area contributed by atoms with Crippen LogP contribution in [-0.4, -0.2) is 33.9 Å². The average molecular weight is 408 g/mol. The number of carboxylic acid groups (broad SMARTS) is 1. The van der Waals surface area contributed by atoms with Gasteiger partial charge in [-0.25, -0.2) is 13.6 Å². The fraction of sp³-hybridized carbons (Fsp3) is 0.0455. The summed E-state index contributed by atoms with van der Waals surface area (Å²) < 4.78 is 35.2. The second-order valence-electron chi connectivity index (χ2n) is 6.40. The normalized spacial score (nSPS) is 10.9. The third-order valence-electron chi connectivity index (χ3n) is 4.66. The molecule has 0 atom stereocenters. The predicted molar refractivity (Wildman–Crippen MR) is 105 cm³/mol. The zero-order chi connectivity index (χ0) is 21.4. The van der Waals surface area contributed by atoms with Crippen molar-refractivity contribution >= 4 is 22.8 Å². The first-order chi connectivity index (χ1) is 14.4. The van der Waals surface area contributed by atoms with Crippen LogP contribution in [0.15, 0.2) is 60.7 Å². The molecule has 0 amide bonds. The number of carboxylic acids is 1. The van der Waals surface area contributed by atoms with E-state index in [1.807, 2.05) is 0 Å². The first-order valence-electron chi connectivity index (χ1n) is 8.80. The Morgan fingerprint density at radius 2 is 1.77 bits per heavy atom. The number of fused-ring (bicyclic) bond motifs is 1. The van der Waals surface area contributed by atoms with E-state index in [0.717, 1.165) is 16.8 Å². The minimum Gasteiger partial charge on any atom is -0.496 e. The molecule has 0 aliphatic rings. The van der Waals surface area contributed by atoms with Crippen LogP contribution in [0.5, 0.6) is 5.75 Å². The van der Waals surface area contributed by atoms with Crippen LogP contribution in [0.1, 0.15) is 20.7 Å². The van der Waals surface area contributed by atoms with E-state index in [1.165, 1.54) is 31.4 Å². The Bertz CT molecular complexity index is 1310. The maximum atomic E-state index is 14.7. The van der Waals surface area contributed by atoms with Crippen molar-refractivity contribution in [2.24, 2.45) is 0 Å². The number of hydrogen-bond acceptors (Lipinski definition) is 4. The zero-order valence-corrected chi connectivity index (χ0v) is 15.6.